The number of aromatic amines is 1. The minimum absolute atomic E-state index is 0.606. The Morgan fingerprint density at radius 1 is 0.778 bits per heavy atom. The fraction of sp³-hybridized carbons (Fsp3) is 0.409. The van der Waals surface area contributed by atoms with E-state index in [2.05, 4.69) is 37.0 Å². The smallest absolute Gasteiger partial charge is 0.204 e. The van der Waals surface area contributed by atoms with Gasteiger partial charge in [-0.25, -0.2) is 0 Å². The lowest BCUT2D eigenvalue weighted by Gasteiger charge is -2.19. The third-order valence-corrected chi connectivity index (χ3v) is 4.16. The summed E-state index contributed by atoms with van der Waals surface area (Å²) in [6.45, 7) is 8.12. The Morgan fingerprint density at radius 3 is 2.19 bits per heavy atom. The van der Waals surface area contributed by atoms with Crippen LogP contribution in [0.25, 0.3) is 22.2 Å². The number of aromatic nitrogens is 2. The normalized spacial score (nSPS) is 10.9. The Morgan fingerprint density at radius 2 is 1.44 bits per heavy atom. The third-order valence-electron chi connectivity index (χ3n) is 4.16. The molecule has 144 valence electrons. The first-order valence-electron chi connectivity index (χ1n) is 9.78. The molecule has 0 atom stereocenters. The van der Waals surface area contributed by atoms with Crippen molar-refractivity contribution < 1.29 is 14.2 Å². The van der Waals surface area contributed by atoms with Crippen LogP contribution in [0, 0.1) is 0 Å². The number of fused-ring (bicyclic) bond motifs is 1. The van der Waals surface area contributed by atoms with E-state index in [-0.39, 0.29) is 0 Å². The first kappa shape index (κ1) is 19.1. The number of nitrogens with one attached hydrogen (secondary N) is 1. The summed E-state index contributed by atoms with van der Waals surface area (Å²) in [4.78, 5) is 0. The molecule has 27 heavy (non-hydrogen) atoms. The van der Waals surface area contributed by atoms with Crippen LogP contribution >= 0.6 is 0 Å². The van der Waals surface area contributed by atoms with Crippen LogP contribution in [0.4, 0.5) is 0 Å². The van der Waals surface area contributed by atoms with Crippen molar-refractivity contribution in [2.75, 3.05) is 19.8 Å². The van der Waals surface area contributed by atoms with Crippen molar-refractivity contribution in [2.24, 2.45) is 0 Å². The predicted octanol–water partition coefficient (Wildman–Crippen LogP) is 5.60. The van der Waals surface area contributed by atoms with Gasteiger partial charge in [0.1, 0.15) is 5.69 Å². The van der Waals surface area contributed by atoms with Crippen LogP contribution in [0.15, 0.2) is 36.4 Å². The van der Waals surface area contributed by atoms with Crippen molar-refractivity contribution in [1.82, 2.24) is 10.2 Å². The highest BCUT2D eigenvalue weighted by atomic mass is 16.5. The van der Waals surface area contributed by atoms with E-state index in [1.54, 1.807) is 0 Å². The zero-order valence-corrected chi connectivity index (χ0v) is 16.4. The summed E-state index contributed by atoms with van der Waals surface area (Å²) in [6.07, 6.45) is 2.76. The van der Waals surface area contributed by atoms with Crippen molar-refractivity contribution in [1.29, 1.82) is 0 Å². The van der Waals surface area contributed by atoms with E-state index in [0.717, 1.165) is 47.2 Å². The first-order chi connectivity index (χ1) is 13.3. The molecule has 0 aliphatic heterocycles. The van der Waals surface area contributed by atoms with E-state index in [1.807, 2.05) is 30.3 Å². The number of hydrogen-bond acceptors (Lipinski definition) is 4. The van der Waals surface area contributed by atoms with E-state index in [4.69, 9.17) is 14.2 Å². The van der Waals surface area contributed by atoms with Gasteiger partial charge in [0.2, 0.25) is 5.75 Å². The van der Waals surface area contributed by atoms with Gasteiger partial charge in [-0.15, -0.1) is 0 Å². The van der Waals surface area contributed by atoms with Crippen molar-refractivity contribution in [2.45, 2.75) is 40.0 Å². The van der Waals surface area contributed by atoms with Crippen LogP contribution in [0.3, 0.4) is 0 Å². The van der Waals surface area contributed by atoms with Gasteiger partial charge in [-0.2, -0.15) is 5.10 Å². The molecular weight excluding hydrogens is 340 g/mol. The minimum Gasteiger partial charge on any atom is -0.490 e. The molecule has 0 saturated heterocycles. The highest BCUT2D eigenvalue weighted by molar-refractivity contribution is 5.95. The summed E-state index contributed by atoms with van der Waals surface area (Å²) in [6, 6.07) is 12.1. The molecule has 0 aliphatic rings. The van der Waals surface area contributed by atoms with E-state index < -0.39 is 0 Å². The van der Waals surface area contributed by atoms with Crippen molar-refractivity contribution in [3.05, 3.63) is 36.4 Å². The molecule has 0 unspecified atom stereocenters. The van der Waals surface area contributed by atoms with E-state index in [1.165, 1.54) is 0 Å². The third kappa shape index (κ3) is 4.18. The largest absolute Gasteiger partial charge is 0.490 e. The predicted molar refractivity (Wildman–Crippen MR) is 109 cm³/mol. The van der Waals surface area contributed by atoms with Crippen molar-refractivity contribution >= 4 is 10.9 Å². The van der Waals surface area contributed by atoms with Gasteiger partial charge in [0.05, 0.1) is 25.3 Å². The molecule has 5 nitrogen and oxygen atoms in total. The summed E-state index contributed by atoms with van der Waals surface area (Å²) >= 11 is 0. The van der Waals surface area contributed by atoms with E-state index in [9.17, 15) is 0 Å². The number of hydrogen-bond donors (Lipinski definition) is 1. The molecule has 0 radical (unpaired) electrons. The number of nitrogens with zero attached hydrogens (tertiary/aromatic N) is 1. The topological polar surface area (TPSA) is 56.4 Å². The fourth-order valence-electron chi connectivity index (χ4n) is 2.91. The standard InChI is InChI=1S/C22H28N2O3/c1-4-13-25-19-12-11-17(20-16-9-7-8-10-18(16)23-24-20)21(26-14-5-2)22(19)27-15-6-3/h7-12H,4-6,13-15H2,1-3H3,(H,23,24). The number of benzene rings is 2. The summed E-state index contributed by atoms with van der Waals surface area (Å²) in [5.41, 5.74) is 2.77. The minimum atomic E-state index is 0.606. The van der Waals surface area contributed by atoms with Gasteiger partial charge in [-0.05, 0) is 37.5 Å². The number of H-pyrrole nitrogens is 1. The summed E-state index contributed by atoms with van der Waals surface area (Å²) in [5, 5.41) is 8.71. The van der Waals surface area contributed by atoms with Crippen molar-refractivity contribution in [3.63, 3.8) is 0 Å². The molecule has 3 aromatic rings. The van der Waals surface area contributed by atoms with Gasteiger partial charge in [0.15, 0.2) is 11.5 Å². The van der Waals surface area contributed by atoms with Gasteiger partial charge in [0, 0.05) is 10.9 Å². The average Bonchev–Trinajstić information content (AvgIpc) is 3.13. The van der Waals surface area contributed by atoms with E-state index >= 15 is 0 Å². The second kappa shape index (κ2) is 9.31. The van der Waals surface area contributed by atoms with Crippen LogP contribution in [0.5, 0.6) is 17.2 Å². The molecule has 0 saturated carbocycles. The second-order valence-electron chi connectivity index (χ2n) is 6.43. The lowest BCUT2D eigenvalue weighted by molar-refractivity contribution is 0.243. The molecule has 0 bridgehead atoms. The highest BCUT2D eigenvalue weighted by Gasteiger charge is 2.21. The van der Waals surface area contributed by atoms with Crippen LogP contribution in [0.2, 0.25) is 0 Å². The van der Waals surface area contributed by atoms with Gasteiger partial charge in [-0.1, -0.05) is 39.0 Å². The maximum Gasteiger partial charge on any atom is 0.204 e. The summed E-state index contributed by atoms with van der Waals surface area (Å²) in [7, 11) is 0. The highest BCUT2D eigenvalue weighted by Crippen LogP contribution is 2.46. The Kier molecular flexibility index (Phi) is 6.58. The Bertz CT molecular complexity index is 873. The molecule has 0 spiro atoms. The molecule has 1 N–H and O–H groups in total. The van der Waals surface area contributed by atoms with Gasteiger partial charge >= 0.3 is 0 Å². The molecule has 0 amide bonds. The van der Waals surface area contributed by atoms with Gasteiger partial charge in [0.25, 0.3) is 0 Å². The molecule has 5 heteroatoms. The lowest BCUT2D eigenvalue weighted by atomic mass is 10.1. The summed E-state index contributed by atoms with van der Waals surface area (Å²) in [5.74, 6) is 2.10. The Balaban J connectivity index is 2.14. The lowest BCUT2D eigenvalue weighted by Crippen LogP contribution is -2.06. The molecule has 2 aromatic carbocycles. The fourth-order valence-corrected chi connectivity index (χ4v) is 2.91. The SMILES string of the molecule is CCCOc1ccc(-c2n[nH]c3ccccc23)c(OCCC)c1OCCC. The second-order valence-corrected chi connectivity index (χ2v) is 6.43. The van der Waals surface area contributed by atoms with Crippen molar-refractivity contribution in [3.8, 4) is 28.5 Å². The van der Waals surface area contributed by atoms with Crippen LogP contribution in [0.1, 0.15) is 40.0 Å². The quantitative estimate of drug-likeness (QED) is 0.506. The average molecular weight is 368 g/mol. The molecule has 3 rings (SSSR count). The zero-order valence-electron chi connectivity index (χ0n) is 16.4. The monoisotopic (exact) mass is 368 g/mol. The Hall–Kier alpha value is -2.69. The number of para-hydroxylation sites is 1. The molecule has 0 fully saturated rings. The molecule has 1 aromatic heterocycles. The maximum absolute atomic E-state index is 6.15. The summed E-state index contributed by atoms with van der Waals surface area (Å²) < 4.78 is 18.2. The van der Waals surface area contributed by atoms with Gasteiger partial charge in [-0.3, -0.25) is 5.10 Å². The maximum atomic E-state index is 6.15. The van der Waals surface area contributed by atoms with E-state index in [0.29, 0.717) is 31.3 Å². The molecular formula is C22H28N2O3. The van der Waals surface area contributed by atoms with Crippen LogP contribution in [-0.4, -0.2) is 30.0 Å². The molecule has 0 aliphatic carbocycles. The zero-order chi connectivity index (χ0) is 19.1. The molecule has 1 heterocycles. The first-order valence-corrected chi connectivity index (χ1v) is 9.78. The van der Waals surface area contributed by atoms with Gasteiger partial charge < -0.3 is 14.2 Å². The Labute approximate surface area is 160 Å². The number of ether oxygens (including phenoxy) is 3. The van der Waals surface area contributed by atoms with Crippen LogP contribution < -0.4 is 14.2 Å². The number of rotatable bonds is 10. The van der Waals surface area contributed by atoms with Crippen LogP contribution in [-0.2, 0) is 0 Å².